The first-order chi connectivity index (χ1) is 12.0. The SMILES string of the molecule is O=C(NC[C@H](O)c1ccc2c(c1)CCO2)C(=O)Nc1ccccc1Cl. The van der Waals surface area contributed by atoms with E-state index in [9.17, 15) is 14.7 Å². The van der Waals surface area contributed by atoms with Crippen molar-refractivity contribution in [1.82, 2.24) is 5.32 Å². The van der Waals surface area contributed by atoms with E-state index >= 15 is 0 Å². The fourth-order valence-corrected chi connectivity index (χ4v) is 2.73. The summed E-state index contributed by atoms with van der Waals surface area (Å²) in [5.74, 6) is -0.870. The van der Waals surface area contributed by atoms with E-state index in [4.69, 9.17) is 16.3 Å². The zero-order valence-electron chi connectivity index (χ0n) is 13.3. The van der Waals surface area contributed by atoms with Crippen LogP contribution >= 0.6 is 11.6 Å². The third-order valence-corrected chi connectivity index (χ3v) is 4.21. The zero-order valence-corrected chi connectivity index (χ0v) is 14.0. The molecule has 7 heteroatoms. The van der Waals surface area contributed by atoms with Crippen molar-refractivity contribution in [3.05, 3.63) is 58.6 Å². The number of anilines is 1. The number of benzene rings is 2. The van der Waals surface area contributed by atoms with Gasteiger partial charge in [-0.05, 0) is 35.4 Å². The Bertz CT molecular complexity index is 809. The van der Waals surface area contributed by atoms with E-state index in [-0.39, 0.29) is 6.54 Å². The standard InChI is InChI=1S/C18H17ClN2O4/c19-13-3-1-2-4-14(13)21-18(24)17(23)20-10-15(22)11-5-6-16-12(9-11)7-8-25-16/h1-6,9,15,22H,7-8,10H2,(H,20,23)(H,21,24)/t15-/m0/s1. The second-order valence-electron chi connectivity index (χ2n) is 5.63. The predicted molar refractivity (Wildman–Crippen MR) is 93.7 cm³/mol. The van der Waals surface area contributed by atoms with Gasteiger partial charge in [0.25, 0.3) is 0 Å². The summed E-state index contributed by atoms with van der Waals surface area (Å²) < 4.78 is 5.41. The van der Waals surface area contributed by atoms with Gasteiger partial charge in [0.15, 0.2) is 0 Å². The van der Waals surface area contributed by atoms with Crippen molar-refractivity contribution in [1.29, 1.82) is 0 Å². The van der Waals surface area contributed by atoms with Crippen LogP contribution in [-0.2, 0) is 16.0 Å². The maximum Gasteiger partial charge on any atom is 0.313 e. The summed E-state index contributed by atoms with van der Waals surface area (Å²) in [7, 11) is 0. The molecule has 2 amide bonds. The fourth-order valence-electron chi connectivity index (χ4n) is 2.54. The monoisotopic (exact) mass is 360 g/mol. The van der Waals surface area contributed by atoms with Crippen LogP contribution in [0.2, 0.25) is 5.02 Å². The van der Waals surface area contributed by atoms with Gasteiger partial charge in [-0.25, -0.2) is 0 Å². The molecule has 3 N–H and O–H groups in total. The Morgan fingerprint density at radius 3 is 2.80 bits per heavy atom. The molecule has 0 bridgehead atoms. The molecule has 1 atom stereocenters. The first kappa shape index (κ1) is 17.3. The Hall–Kier alpha value is -2.57. The van der Waals surface area contributed by atoms with Crippen LogP contribution in [-0.4, -0.2) is 30.1 Å². The number of ether oxygens (including phenoxy) is 1. The van der Waals surface area contributed by atoms with E-state index in [1.54, 1.807) is 36.4 Å². The molecule has 0 spiro atoms. The molecule has 0 unspecified atom stereocenters. The van der Waals surface area contributed by atoms with Crippen LogP contribution in [0.25, 0.3) is 0 Å². The van der Waals surface area contributed by atoms with E-state index < -0.39 is 17.9 Å². The lowest BCUT2D eigenvalue weighted by atomic mass is 10.0. The number of aliphatic hydroxyl groups excluding tert-OH is 1. The van der Waals surface area contributed by atoms with E-state index in [0.29, 0.717) is 22.9 Å². The molecule has 0 radical (unpaired) electrons. The predicted octanol–water partition coefficient (Wildman–Crippen LogP) is 2.06. The second kappa shape index (κ2) is 7.55. The molecular formula is C18H17ClN2O4. The van der Waals surface area contributed by atoms with Crippen molar-refractivity contribution in [3.63, 3.8) is 0 Å². The molecular weight excluding hydrogens is 344 g/mol. The van der Waals surface area contributed by atoms with Crippen molar-refractivity contribution in [2.24, 2.45) is 0 Å². The number of amides is 2. The number of para-hydroxylation sites is 1. The van der Waals surface area contributed by atoms with Crippen LogP contribution < -0.4 is 15.4 Å². The molecule has 2 aromatic rings. The van der Waals surface area contributed by atoms with Gasteiger partial charge in [-0.1, -0.05) is 29.8 Å². The molecule has 2 aromatic carbocycles. The summed E-state index contributed by atoms with van der Waals surface area (Å²) >= 11 is 5.93. The Morgan fingerprint density at radius 2 is 2.00 bits per heavy atom. The maximum absolute atomic E-state index is 11.9. The third kappa shape index (κ3) is 4.10. The van der Waals surface area contributed by atoms with Gasteiger partial charge in [-0.3, -0.25) is 9.59 Å². The number of halogens is 1. The highest BCUT2D eigenvalue weighted by Crippen LogP contribution is 2.28. The largest absolute Gasteiger partial charge is 0.493 e. The van der Waals surface area contributed by atoms with Gasteiger partial charge < -0.3 is 20.5 Å². The highest BCUT2D eigenvalue weighted by molar-refractivity contribution is 6.41. The summed E-state index contributed by atoms with van der Waals surface area (Å²) in [5, 5.41) is 15.4. The normalized spacial score (nSPS) is 13.5. The highest BCUT2D eigenvalue weighted by atomic mass is 35.5. The van der Waals surface area contributed by atoms with Crippen molar-refractivity contribution >= 4 is 29.1 Å². The molecule has 1 heterocycles. The topological polar surface area (TPSA) is 87.7 Å². The van der Waals surface area contributed by atoms with Crippen LogP contribution in [0.5, 0.6) is 5.75 Å². The number of carbonyl (C=O) groups is 2. The molecule has 0 saturated carbocycles. The average Bonchev–Trinajstić information content (AvgIpc) is 3.08. The number of aliphatic hydroxyl groups is 1. The van der Waals surface area contributed by atoms with Crippen LogP contribution in [0.15, 0.2) is 42.5 Å². The van der Waals surface area contributed by atoms with Gasteiger partial charge in [0.1, 0.15) is 5.75 Å². The van der Waals surface area contributed by atoms with Gasteiger partial charge in [-0.2, -0.15) is 0 Å². The van der Waals surface area contributed by atoms with Crippen molar-refractivity contribution in [2.45, 2.75) is 12.5 Å². The summed E-state index contributed by atoms with van der Waals surface area (Å²) in [6.07, 6.45) is -0.120. The molecule has 0 fully saturated rings. The number of rotatable bonds is 4. The lowest BCUT2D eigenvalue weighted by molar-refractivity contribution is -0.136. The number of nitrogens with one attached hydrogen (secondary N) is 2. The molecule has 6 nitrogen and oxygen atoms in total. The zero-order chi connectivity index (χ0) is 17.8. The first-order valence-corrected chi connectivity index (χ1v) is 8.20. The number of hydrogen-bond donors (Lipinski definition) is 3. The van der Waals surface area contributed by atoms with Crippen LogP contribution in [0, 0.1) is 0 Å². The quantitative estimate of drug-likeness (QED) is 0.728. The molecule has 3 rings (SSSR count). The number of hydrogen-bond acceptors (Lipinski definition) is 4. The molecule has 0 saturated heterocycles. The van der Waals surface area contributed by atoms with Gasteiger partial charge >= 0.3 is 11.8 Å². The second-order valence-corrected chi connectivity index (χ2v) is 6.03. The van der Waals surface area contributed by atoms with Gasteiger partial charge in [0.2, 0.25) is 0 Å². The number of carbonyl (C=O) groups excluding carboxylic acids is 2. The Kier molecular flexibility index (Phi) is 5.21. The molecule has 0 aromatic heterocycles. The number of fused-ring (bicyclic) bond motifs is 1. The average molecular weight is 361 g/mol. The van der Waals surface area contributed by atoms with Crippen LogP contribution in [0.4, 0.5) is 5.69 Å². The molecule has 25 heavy (non-hydrogen) atoms. The summed E-state index contributed by atoms with van der Waals surface area (Å²) in [6, 6.07) is 12.0. The highest BCUT2D eigenvalue weighted by Gasteiger charge is 2.19. The fraction of sp³-hybridized carbons (Fsp3) is 0.222. The van der Waals surface area contributed by atoms with Crippen molar-refractivity contribution in [3.8, 4) is 5.75 Å². The van der Waals surface area contributed by atoms with E-state index in [1.807, 2.05) is 6.07 Å². The Morgan fingerprint density at radius 1 is 1.20 bits per heavy atom. The van der Waals surface area contributed by atoms with Gasteiger partial charge in [-0.15, -0.1) is 0 Å². The smallest absolute Gasteiger partial charge is 0.313 e. The molecule has 1 aliphatic rings. The Balaban J connectivity index is 1.54. The lowest BCUT2D eigenvalue weighted by Gasteiger charge is -2.13. The van der Waals surface area contributed by atoms with Crippen molar-refractivity contribution in [2.75, 3.05) is 18.5 Å². The summed E-state index contributed by atoms with van der Waals surface area (Å²) in [5.41, 5.74) is 2.04. The first-order valence-electron chi connectivity index (χ1n) is 7.82. The van der Waals surface area contributed by atoms with E-state index in [1.165, 1.54) is 0 Å². The van der Waals surface area contributed by atoms with Crippen LogP contribution in [0.3, 0.4) is 0 Å². The van der Waals surface area contributed by atoms with Gasteiger partial charge in [0, 0.05) is 13.0 Å². The molecule has 130 valence electrons. The minimum atomic E-state index is -0.914. The van der Waals surface area contributed by atoms with Crippen molar-refractivity contribution < 1.29 is 19.4 Å². The third-order valence-electron chi connectivity index (χ3n) is 3.88. The molecule has 1 aliphatic heterocycles. The summed E-state index contributed by atoms with van der Waals surface area (Å²) in [4.78, 5) is 23.8. The summed E-state index contributed by atoms with van der Waals surface area (Å²) in [6.45, 7) is 0.558. The maximum atomic E-state index is 11.9. The minimum absolute atomic E-state index is 0.0750. The van der Waals surface area contributed by atoms with E-state index in [2.05, 4.69) is 10.6 Å². The molecule has 0 aliphatic carbocycles. The van der Waals surface area contributed by atoms with Crippen LogP contribution in [0.1, 0.15) is 17.2 Å². The van der Waals surface area contributed by atoms with Gasteiger partial charge in [0.05, 0.1) is 23.4 Å². The lowest BCUT2D eigenvalue weighted by Crippen LogP contribution is -2.37. The minimum Gasteiger partial charge on any atom is -0.493 e. The Labute approximate surface area is 149 Å². The van der Waals surface area contributed by atoms with E-state index in [0.717, 1.165) is 17.7 Å².